The van der Waals surface area contributed by atoms with Gasteiger partial charge in [0.15, 0.2) is 16.3 Å². The third-order valence-corrected chi connectivity index (χ3v) is 7.27. The summed E-state index contributed by atoms with van der Waals surface area (Å²) in [5.41, 5.74) is 2.06. The molecule has 8 nitrogen and oxygen atoms in total. The van der Waals surface area contributed by atoms with Crippen molar-refractivity contribution >= 4 is 39.3 Å². The van der Waals surface area contributed by atoms with Gasteiger partial charge >= 0.3 is 5.97 Å². The van der Waals surface area contributed by atoms with Crippen LogP contribution in [0.15, 0.2) is 61.9 Å². The van der Waals surface area contributed by atoms with Crippen LogP contribution < -0.4 is 29.1 Å². The lowest BCUT2D eigenvalue weighted by atomic mass is 9.96. The first-order valence-electron chi connectivity index (χ1n) is 11.1. The quantitative estimate of drug-likeness (QED) is 0.402. The van der Waals surface area contributed by atoms with Gasteiger partial charge < -0.3 is 18.9 Å². The highest BCUT2D eigenvalue weighted by atomic mass is 79.9. The van der Waals surface area contributed by atoms with Crippen LogP contribution in [-0.4, -0.2) is 38.5 Å². The zero-order valence-electron chi connectivity index (χ0n) is 20.5. The van der Waals surface area contributed by atoms with Crippen molar-refractivity contribution in [3.05, 3.63) is 83.0 Å². The van der Waals surface area contributed by atoms with Crippen molar-refractivity contribution in [3.8, 4) is 17.2 Å². The molecule has 0 spiro atoms. The van der Waals surface area contributed by atoms with Crippen molar-refractivity contribution in [3.63, 3.8) is 0 Å². The van der Waals surface area contributed by atoms with Gasteiger partial charge in [0, 0.05) is 0 Å². The minimum Gasteiger partial charge on any atom is -0.497 e. The monoisotopic (exact) mass is 572 g/mol. The van der Waals surface area contributed by atoms with Crippen molar-refractivity contribution in [1.82, 2.24) is 4.57 Å². The van der Waals surface area contributed by atoms with E-state index in [0.717, 1.165) is 11.1 Å². The van der Waals surface area contributed by atoms with Crippen molar-refractivity contribution in [2.45, 2.75) is 19.9 Å². The third-order valence-electron chi connectivity index (χ3n) is 5.70. The Hall–Kier alpha value is -3.37. The summed E-state index contributed by atoms with van der Waals surface area (Å²) in [6, 6.07) is 10.2. The normalized spacial score (nSPS) is 15.3. The van der Waals surface area contributed by atoms with Gasteiger partial charge in [-0.1, -0.05) is 23.5 Å². The summed E-state index contributed by atoms with van der Waals surface area (Å²) in [6.45, 7) is 3.71. The third kappa shape index (κ3) is 4.70. The minimum atomic E-state index is -0.689. The summed E-state index contributed by atoms with van der Waals surface area (Å²) < 4.78 is 24.1. The molecule has 1 atom stereocenters. The maximum atomic E-state index is 13.7. The van der Waals surface area contributed by atoms with Crippen LogP contribution in [0.25, 0.3) is 6.08 Å². The van der Waals surface area contributed by atoms with Crippen LogP contribution in [0.2, 0.25) is 0 Å². The van der Waals surface area contributed by atoms with E-state index in [9.17, 15) is 9.59 Å². The molecule has 4 rings (SSSR count). The predicted molar refractivity (Wildman–Crippen MR) is 141 cm³/mol. The molecular formula is C26H25BrN2O6S. The van der Waals surface area contributed by atoms with Crippen molar-refractivity contribution < 1.29 is 23.7 Å². The van der Waals surface area contributed by atoms with Gasteiger partial charge in [-0.25, -0.2) is 9.79 Å². The summed E-state index contributed by atoms with van der Waals surface area (Å²) in [6.07, 6.45) is 1.77. The molecule has 0 fully saturated rings. The fraction of sp³-hybridized carbons (Fsp3) is 0.269. The topological polar surface area (TPSA) is 88.4 Å². The van der Waals surface area contributed by atoms with Gasteiger partial charge in [0.25, 0.3) is 5.56 Å². The zero-order chi connectivity index (χ0) is 26.0. The van der Waals surface area contributed by atoms with E-state index in [4.69, 9.17) is 18.9 Å². The van der Waals surface area contributed by atoms with E-state index in [-0.39, 0.29) is 12.2 Å². The molecule has 10 heteroatoms. The first kappa shape index (κ1) is 25.7. The first-order chi connectivity index (χ1) is 17.3. The molecule has 0 amide bonds. The molecule has 1 aliphatic heterocycles. The number of allylic oxidation sites excluding steroid dienone is 1. The molecule has 36 heavy (non-hydrogen) atoms. The Morgan fingerprint density at radius 1 is 1.14 bits per heavy atom. The average molecular weight is 573 g/mol. The molecule has 0 aliphatic carbocycles. The van der Waals surface area contributed by atoms with Crippen LogP contribution in [0.5, 0.6) is 17.2 Å². The fourth-order valence-electron chi connectivity index (χ4n) is 4.07. The average Bonchev–Trinajstić information content (AvgIpc) is 3.17. The summed E-state index contributed by atoms with van der Waals surface area (Å²) >= 11 is 4.75. The number of methoxy groups -OCH3 is 3. The second-order valence-corrected chi connectivity index (χ2v) is 9.68. The van der Waals surface area contributed by atoms with Gasteiger partial charge in [-0.15, -0.1) is 0 Å². The van der Waals surface area contributed by atoms with Crippen LogP contribution in [0.3, 0.4) is 0 Å². The smallest absolute Gasteiger partial charge is 0.338 e. The summed E-state index contributed by atoms with van der Waals surface area (Å²) in [7, 11) is 4.69. The molecule has 0 radical (unpaired) electrons. The number of esters is 1. The van der Waals surface area contributed by atoms with Crippen LogP contribution in [-0.2, 0) is 9.53 Å². The van der Waals surface area contributed by atoms with Crippen molar-refractivity contribution in [2.24, 2.45) is 4.99 Å². The Labute approximate surface area is 220 Å². The summed E-state index contributed by atoms with van der Waals surface area (Å²) in [4.78, 5) is 31.8. The molecule has 2 aromatic carbocycles. The molecule has 0 bridgehead atoms. The van der Waals surface area contributed by atoms with E-state index in [0.29, 0.717) is 42.3 Å². The number of rotatable bonds is 7. The lowest BCUT2D eigenvalue weighted by Crippen LogP contribution is -2.39. The van der Waals surface area contributed by atoms with Crippen LogP contribution in [0.4, 0.5) is 0 Å². The fourth-order valence-corrected chi connectivity index (χ4v) is 5.73. The first-order valence-corrected chi connectivity index (χ1v) is 12.7. The van der Waals surface area contributed by atoms with E-state index >= 15 is 0 Å². The van der Waals surface area contributed by atoms with Crippen LogP contribution >= 0.6 is 27.3 Å². The molecule has 0 N–H and O–H groups in total. The molecule has 1 aliphatic rings. The van der Waals surface area contributed by atoms with Gasteiger partial charge in [0.2, 0.25) is 0 Å². The van der Waals surface area contributed by atoms with Gasteiger partial charge in [0.05, 0.1) is 54.3 Å². The second-order valence-electron chi connectivity index (χ2n) is 7.81. The Morgan fingerprint density at radius 2 is 1.86 bits per heavy atom. The molecular weight excluding hydrogens is 548 g/mol. The van der Waals surface area contributed by atoms with E-state index in [1.165, 1.54) is 11.3 Å². The maximum Gasteiger partial charge on any atom is 0.338 e. The summed E-state index contributed by atoms with van der Waals surface area (Å²) in [5.74, 6) is 1.26. The number of ether oxygens (including phenoxy) is 4. The number of halogens is 1. The Morgan fingerprint density at radius 3 is 2.47 bits per heavy atom. The highest BCUT2D eigenvalue weighted by Crippen LogP contribution is 2.36. The second kappa shape index (κ2) is 10.7. The summed E-state index contributed by atoms with van der Waals surface area (Å²) in [5, 5.41) is 0. The van der Waals surface area contributed by atoms with Crippen LogP contribution in [0, 0.1) is 0 Å². The van der Waals surface area contributed by atoms with Gasteiger partial charge in [-0.3, -0.25) is 9.36 Å². The molecule has 0 saturated carbocycles. The molecule has 0 saturated heterocycles. The Balaban J connectivity index is 1.93. The molecule has 0 unspecified atom stereocenters. The lowest BCUT2D eigenvalue weighted by Gasteiger charge is -2.24. The van der Waals surface area contributed by atoms with E-state index in [2.05, 4.69) is 20.9 Å². The number of carbonyl (C=O) groups excluding carboxylic acids is 1. The van der Waals surface area contributed by atoms with Gasteiger partial charge in [-0.05, 0) is 71.2 Å². The molecule has 1 aromatic heterocycles. The number of thiazole rings is 1. The number of hydrogen-bond acceptors (Lipinski definition) is 8. The zero-order valence-corrected chi connectivity index (χ0v) is 22.9. The van der Waals surface area contributed by atoms with E-state index < -0.39 is 12.0 Å². The lowest BCUT2D eigenvalue weighted by molar-refractivity contribution is -0.139. The van der Waals surface area contributed by atoms with E-state index in [1.807, 2.05) is 18.2 Å². The number of nitrogens with zero attached hydrogens (tertiary/aromatic N) is 2. The molecule has 2 heterocycles. The molecule has 3 aromatic rings. The number of benzene rings is 2. The highest BCUT2D eigenvalue weighted by Gasteiger charge is 2.33. The maximum absolute atomic E-state index is 13.7. The Kier molecular flexibility index (Phi) is 7.65. The highest BCUT2D eigenvalue weighted by molar-refractivity contribution is 9.10. The van der Waals surface area contributed by atoms with Crippen molar-refractivity contribution in [2.75, 3.05) is 27.9 Å². The number of aromatic nitrogens is 1. The van der Waals surface area contributed by atoms with E-state index in [1.54, 1.807) is 64.0 Å². The number of hydrogen-bond donors (Lipinski definition) is 0. The SMILES string of the molecule is CCOC(=O)C1=C(C)N=c2s/c(=C/c3cc(Br)c(OC)c(OC)c3)c(=O)n2[C@H]1c1ccc(OC)cc1. The standard InChI is InChI=1S/C26H25BrN2O6S/c1-6-35-25(31)21-14(2)28-26-29(22(21)16-7-9-17(32-3)10-8-16)24(30)20(36-26)13-15-11-18(27)23(34-5)19(12-15)33-4/h7-13,22H,6H2,1-5H3/b20-13+/t22-/m0/s1. The number of fused-ring (bicyclic) bond motifs is 1. The molecule has 188 valence electrons. The van der Waals surface area contributed by atoms with Crippen LogP contribution in [0.1, 0.15) is 31.0 Å². The van der Waals surface area contributed by atoms with Crippen molar-refractivity contribution in [1.29, 1.82) is 0 Å². The van der Waals surface area contributed by atoms with Gasteiger partial charge in [0.1, 0.15) is 5.75 Å². The van der Waals surface area contributed by atoms with Gasteiger partial charge in [-0.2, -0.15) is 0 Å². The largest absolute Gasteiger partial charge is 0.497 e. The minimum absolute atomic E-state index is 0.212. The Bertz CT molecular complexity index is 1520. The number of carbonyl (C=O) groups is 1. The predicted octanol–water partition coefficient (Wildman–Crippen LogP) is 3.59.